The minimum atomic E-state index is -5.43. The fourth-order valence-electron chi connectivity index (χ4n) is 0.996. The molecule has 20 heavy (non-hydrogen) atoms. The minimum absolute atomic E-state index is 0.257. The first-order valence-electron chi connectivity index (χ1n) is 5.21. The number of hydrogen-bond donors (Lipinski definition) is 7. The van der Waals surface area contributed by atoms with Gasteiger partial charge in [-0.15, -0.1) is 0 Å². The second-order valence-electron chi connectivity index (χ2n) is 3.46. The van der Waals surface area contributed by atoms with Crippen molar-refractivity contribution in [3.05, 3.63) is 0 Å². The Balaban J connectivity index is 5.08. The van der Waals surface area contributed by atoms with E-state index in [-0.39, 0.29) is 6.29 Å². The smallest absolute Gasteiger partial charge is 0.394 e. The zero-order valence-corrected chi connectivity index (χ0v) is 11.4. The molecule has 7 N–H and O–H groups in total. The summed E-state index contributed by atoms with van der Waals surface area (Å²) in [5.74, 6) is 0. The summed E-state index contributed by atoms with van der Waals surface area (Å²) in [6.07, 6.45) is -8.81. The predicted molar refractivity (Wildman–Crippen MR) is 59.0 cm³/mol. The Kier molecular flexibility index (Phi) is 6.85. The summed E-state index contributed by atoms with van der Waals surface area (Å²) in [7, 11) is -10.7. The molecule has 0 aliphatic carbocycles. The van der Waals surface area contributed by atoms with Gasteiger partial charge < -0.3 is 39.9 Å². The quantitative estimate of drug-likeness (QED) is 0.155. The van der Waals surface area contributed by atoms with E-state index in [0.717, 1.165) is 0 Å². The first-order valence-corrected chi connectivity index (χ1v) is 7.79. The molecule has 0 aromatic heterocycles. The molecule has 5 atom stereocenters. The third kappa shape index (κ3) is 6.97. The Hall–Kier alpha value is -0.230. The van der Waals surface area contributed by atoms with E-state index in [4.69, 9.17) is 21.4 Å². The zero-order chi connectivity index (χ0) is 16.8. The number of carbonyl (C=O) groups excluding carboxylic acids is 1. The van der Waals surface area contributed by atoms with Gasteiger partial charge in [-0.25, -0.2) is 9.13 Å². The van der Waals surface area contributed by atoms with Crippen LogP contribution in [0.4, 0.5) is 0 Å². The number of hydrogen-bond acceptors (Lipinski definition) is 10. The number of phosphoric acid groups is 2. The summed E-state index contributed by atoms with van der Waals surface area (Å²) in [5.41, 5.74) is 0. The maximum absolute atomic E-state index is 11.5. The van der Waals surface area contributed by atoms with Crippen LogP contribution in [-0.2, 0) is 22.8 Å². The zero-order valence-electron chi connectivity index (χ0n) is 10.6. The summed E-state index contributed by atoms with van der Waals surface area (Å²) < 4.78 is 36.1. The van der Waals surface area contributed by atoms with Gasteiger partial charge in [-0.05, 0) is 0 Å². The van der Waals surface area contributed by atoms with E-state index >= 15 is 0 Å². The van der Waals surface area contributed by atoms with Gasteiger partial charge in [0.25, 0.3) is 0 Å². The number of carbonyl (C=O) groups is 1. The highest BCUT2D eigenvalue weighted by atomic mass is 31.3. The van der Waals surface area contributed by atoms with Crippen LogP contribution in [0.25, 0.3) is 0 Å². The fraction of sp³-hybridized carbons (Fsp3) is 0.833. The van der Waals surface area contributed by atoms with Crippen molar-refractivity contribution in [2.75, 3.05) is 6.61 Å². The standard InChI is InChI=1S/C6H14O12P2/c7-1-3(9)5(10)6(11)4(2-8)17-20(15,16)18-19(12,13)14/h2-7,9-11H,1H2,(H,15,16)(H2,12,13,14)/t3-,4+,5-,6-/m1/s1/i/hD. The predicted octanol–water partition coefficient (Wildman–Crippen LogP) is -3.14. The number of aldehydes is 1. The van der Waals surface area contributed by atoms with Gasteiger partial charge in [-0.1, -0.05) is 0 Å². The van der Waals surface area contributed by atoms with Crippen LogP contribution < -0.4 is 0 Å². The number of rotatable bonds is 10. The van der Waals surface area contributed by atoms with Crippen molar-refractivity contribution >= 4 is 21.9 Å². The van der Waals surface area contributed by atoms with Crippen LogP contribution in [0.1, 0.15) is 0 Å². The molecule has 0 aromatic carbocycles. The van der Waals surface area contributed by atoms with Crippen LogP contribution in [0.15, 0.2) is 0 Å². The highest BCUT2D eigenvalue weighted by Crippen LogP contribution is 2.58. The molecule has 0 bridgehead atoms. The molecule has 0 aliphatic rings. The van der Waals surface area contributed by atoms with Crippen LogP contribution in [0.2, 0.25) is 0 Å². The Morgan fingerprint density at radius 3 is 2.10 bits per heavy atom. The van der Waals surface area contributed by atoms with Gasteiger partial charge in [0.2, 0.25) is 1.43 Å². The van der Waals surface area contributed by atoms with Crippen LogP contribution in [0.5, 0.6) is 0 Å². The maximum Gasteiger partial charge on any atom is 0.481 e. The monoisotopic (exact) mass is 341 g/mol. The SMILES string of the molecule is [2H]OP(=O)(O[C@@H](C=O)[C@@H](O)[C@H](O)[C@H](O)CO)OP(=O)(O)O. The summed E-state index contributed by atoms with van der Waals surface area (Å²) >= 11 is 0. The van der Waals surface area contributed by atoms with Crippen molar-refractivity contribution < 1.29 is 57.9 Å². The third-order valence-corrected chi connectivity index (χ3v) is 4.01. The van der Waals surface area contributed by atoms with Crippen molar-refractivity contribution in [2.24, 2.45) is 0 Å². The summed E-state index contributed by atoms with van der Waals surface area (Å²) in [6.45, 7) is -1.00. The van der Waals surface area contributed by atoms with E-state index < -0.39 is 46.7 Å². The first-order chi connectivity index (χ1) is 9.49. The van der Waals surface area contributed by atoms with Crippen LogP contribution in [-0.4, -0.2) is 73.8 Å². The van der Waals surface area contributed by atoms with E-state index in [0.29, 0.717) is 0 Å². The summed E-state index contributed by atoms with van der Waals surface area (Å²) in [4.78, 5) is 30.9. The topological polar surface area (TPSA) is 211 Å². The second kappa shape index (κ2) is 7.69. The lowest BCUT2D eigenvalue weighted by Crippen LogP contribution is -2.47. The average Bonchev–Trinajstić information content (AvgIpc) is 2.40. The van der Waals surface area contributed by atoms with Crippen molar-refractivity contribution in [3.63, 3.8) is 0 Å². The Morgan fingerprint density at radius 2 is 1.75 bits per heavy atom. The van der Waals surface area contributed by atoms with Gasteiger partial charge in [0.1, 0.15) is 18.3 Å². The van der Waals surface area contributed by atoms with Gasteiger partial charge in [-0.3, -0.25) is 4.52 Å². The number of phosphoric ester groups is 1. The van der Waals surface area contributed by atoms with Gasteiger partial charge in [-0.2, -0.15) is 4.31 Å². The molecule has 12 nitrogen and oxygen atoms in total. The molecular weight excluding hydrogens is 326 g/mol. The van der Waals surface area contributed by atoms with E-state index in [1.54, 1.807) is 0 Å². The lowest BCUT2D eigenvalue weighted by Gasteiger charge is -2.26. The first kappa shape index (κ1) is 17.8. The van der Waals surface area contributed by atoms with Crippen molar-refractivity contribution in [2.45, 2.75) is 24.4 Å². The Bertz CT molecular complexity index is 424. The molecule has 1 unspecified atom stereocenters. The molecule has 0 rings (SSSR count). The molecule has 0 saturated heterocycles. The highest BCUT2D eigenvalue weighted by molar-refractivity contribution is 7.60. The lowest BCUT2D eigenvalue weighted by molar-refractivity contribution is -0.134. The Labute approximate surface area is 113 Å². The van der Waals surface area contributed by atoms with E-state index in [9.17, 15) is 24.1 Å². The third-order valence-electron chi connectivity index (χ3n) is 1.86. The molecule has 0 amide bonds. The molecule has 0 fully saturated rings. The lowest BCUT2D eigenvalue weighted by atomic mass is 10.0. The molecule has 0 radical (unpaired) electrons. The molecular formula is C6H14O12P2. The molecule has 0 aliphatic heterocycles. The Morgan fingerprint density at radius 1 is 1.20 bits per heavy atom. The molecule has 0 aromatic rings. The maximum atomic E-state index is 11.5. The molecule has 0 saturated carbocycles. The van der Waals surface area contributed by atoms with Crippen LogP contribution in [0, 0.1) is 0 Å². The van der Waals surface area contributed by atoms with Gasteiger partial charge in [0, 0.05) is 0 Å². The fourth-order valence-corrected chi connectivity index (χ4v) is 2.66. The minimum Gasteiger partial charge on any atom is -0.394 e. The van der Waals surface area contributed by atoms with Gasteiger partial charge in [0.15, 0.2) is 12.4 Å². The highest BCUT2D eigenvalue weighted by Gasteiger charge is 2.40. The van der Waals surface area contributed by atoms with Gasteiger partial charge in [0.05, 0.1) is 6.61 Å². The van der Waals surface area contributed by atoms with E-state index in [1.165, 1.54) is 0 Å². The van der Waals surface area contributed by atoms with Crippen LogP contribution in [0.3, 0.4) is 0 Å². The average molecular weight is 341 g/mol. The van der Waals surface area contributed by atoms with Crippen LogP contribution >= 0.6 is 15.6 Å². The van der Waals surface area contributed by atoms with Crippen molar-refractivity contribution in [1.29, 1.82) is 1.43 Å². The molecule has 120 valence electrons. The van der Waals surface area contributed by atoms with Crippen molar-refractivity contribution in [1.82, 2.24) is 0 Å². The number of aliphatic hydroxyl groups excluding tert-OH is 4. The molecule has 0 spiro atoms. The normalized spacial score (nSPS) is 22.2. The van der Waals surface area contributed by atoms with E-state index in [2.05, 4.69) is 13.7 Å². The van der Waals surface area contributed by atoms with E-state index in [1.807, 2.05) is 0 Å². The molecule has 0 heterocycles. The van der Waals surface area contributed by atoms with Crippen molar-refractivity contribution in [3.8, 4) is 0 Å². The summed E-state index contributed by atoms with van der Waals surface area (Å²) in [5, 5.41) is 36.4. The molecule has 14 heteroatoms. The largest absolute Gasteiger partial charge is 0.481 e. The summed E-state index contributed by atoms with van der Waals surface area (Å²) in [6, 6.07) is 0. The second-order valence-corrected chi connectivity index (χ2v) is 6.20. The number of aliphatic hydroxyl groups is 4. The van der Waals surface area contributed by atoms with Gasteiger partial charge >= 0.3 is 15.6 Å².